The summed E-state index contributed by atoms with van der Waals surface area (Å²) in [6, 6.07) is 7.42. The average molecular weight is 837 g/mol. The van der Waals surface area contributed by atoms with Crippen molar-refractivity contribution >= 4 is 17.7 Å². The highest BCUT2D eigenvalue weighted by Gasteiger charge is 2.53. The molecule has 324 valence electrons. The summed E-state index contributed by atoms with van der Waals surface area (Å²) in [6.07, 6.45) is 8.21. The highest BCUT2D eigenvalue weighted by molar-refractivity contribution is 6.07. The van der Waals surface area contributed by atoms with E-state index in [9.17, 15) is 28.3 Å². The number of carboxylic acids is 1. The van der Waals surface area contributed by atoms with E-state index < -0.39 is 53.1 Å². The van der Waals surface area contributed by atoms with E-state index in [2.05, 4.69) is 27.5 Å². The molecule has 6 rings (SSSR count). The first-order chi connectivity index (χ1) is 28.9. The van der Waals surface area contributed by atoms with Crippen LogP contribution in [0.2, 0.25) is 0 Å². The highest BCUT2D eigenvalue weighted by atomic mass is 19.1. The lowest BCUT2D eigenvalue weighted by Crippen LogP contribution is -2.57. The van der Waals surface area contributed by atoms with Crippen LogP contribution >= 0.6 is 0 Å². The second-order valence-electron chi connectivity index (χ2n) is 16.3. The number of nitrogens with one attached hydrogen (secondary N) is 1. The fourth-order valence-electron chi connectivity index (χ4n) is 8.43. The number of hydrogen-bond donors (Lipinski definition) is 2. The molecule has 1 amide bonds. The van der Waals surface area contributed by atoms with E-state index in [0.717, 1.165) is 31.7 Å². The number of carboxylic acid groups (broad SMARTS) is 1. The molecular weight excluding hydrogens is 781 g/mol. The summed E-state index contributed by atoms with van der Waals surface area (Å²) < 4.78 is 66.9. The number of rotatable bonds is 21. The molecule has 0 bridgehead atoms. The van der Waals surface area contributed by atoms with Crippen LogP contribution in [-0.4, -0.2) is 80.0 Å². The largest absolute Gasteiger partial charge is 0.480 e. The van der Waals surface area contributed by atoms with Crippen molar-refractivity contribution in [3.8, 4) is 0 Å². The molecule has 3 aromatic rings. The number of carbonyl (C=O) groups is 3. The van der Waals surface area contributed by atoms with E-state index in [0.29, 0.717) is 37.0 Å². The Kier molecular flexibility index (Phi) is 15.3. The molecule has 2 fully saturated rings. The van der Waals surface area contributed by atoms with Crippen molar-refractivity contribution < 1.29 is 41.8 Å². The number of fused-ring (bicyclic) bond motifs is 2. The van der Waals surface area contributed by atoms with Crippen molar-refractivity contribution in [3.63, 3.8) is 0 Å². The van der Waals surface area contributed by atoms with Gasteiger partial charge in [0.05, 0.1) is 12.7 Å². The molecule has 3 aliphatic heterocycles. The van der Waals surface area contributed by atoms with Crippen molar-refractivity contribution in [2.75, 3.05) is 26.2 Å². The van der Waals surface area contributed by atoms with Crippen molar-refractivity contribution in [2.24, 2.45) is 5.41 Å². The monoisotopic (exact) mass is 836 g/mol. The minimum absolute atomic E-state index is 0.0196. The molecule has 60 heavy (non-hydrogen) atoms. The van der Waals surface area contributed by atoms with E-state index in [-0.39, 0.29) is 85.9 Å². The van der Waals surface area contributed by atoms with E-state index in [1.165, 1.54) is 37.5 Å². The molecule has 0 spiro atoms. The Morgan fingerprint density at radius 1 is 1.00 bits per heavy atom. The second-order valence-corrected chi connectivity index (χ2v) is 16.3. The van der Waals surface area contributed by atoms with Crippen molar-refractivity contribution in [2.45, 2.75) is 123 Å². The van der Waals surface area contributed by atoms with Gasteiger partial charge in [-0.25, -0.2) is 17.6 Å². The van der Waals surface area contributed by atoms with Gasteiger partial charge in [-0.1, -0.05) is 62.4 Å². The number of Topliss-reactive ketones (excluding diaryl/α,β-unsaturated/α-hetero) is 1. The van der Waals surface area contributed by atoms with Crippen LogP contribution in [0.25, 0.3) is 0 Å². The number of ketones is 1. The van der Waals surface area contributed by atoms with Gasteiger partial charge in [-0.2, -0.15) is 0 Å². The molecule has 4 heterocycles. The van der Waals surface area contributed by atoms with Crippen molar-refractivity contribution in [3.05, 3.63) is 105 Å². The zero-order valence-electron chi connectivity index (χ0n) is 34.5. The molecule has 3 aliphatic rings. The second kappa shape index (κ2) is 20.6. The molecule has 11 nitrogen and oxygen atoms in total. The van der Waals surface area contributed by atoms with Gasteiger partial charge < -0.3 is 20.1 Å². The maximum atomic E-state index is 15.7. The smallest absolute Gasteiger partial charge is 0.321 e. The van der Waals surface area contributed by atoms with Gasteiger partial charge in [0.15, 0.2) is 11.2 Å². The van der Waals surface area contributed by atoms with Crippen LogP contribution < -0.4 is 5.32 Å². The van der Waals surface area contributed by atoms with E-state index in [1.807, 2.05) is 0 Å². The number of hydrogen-bond acceptors (Lipinski definition) is 8. The molecular formula is C45H56F4N6O5. The molecule has 2 saturated heterocycles. The van der Waals surface area contributed by atoms with Crippen molar-refractivity contribution in [1.82, 2.24) is 30.1 Å². The molecule has 0 radical (unpaired) electrons. The highest BCUT2D eigenvalue weighted by Crippen LogP contribution is 2.45. The van der Waals surface area contributed by atoms with Crippen molar-refractivity contribution in [1.29, 1.82) is 0 Å². The third kappa shape index (κ3) is 10.7. The number of alkyl halides is 1. The third-order valence-corrected chi connectivity index (χ3v) is 11.9. The van der Waals surface area contributed by atoms with E-state index >= 15 is 8.78 Å². The Bertz CT molecular complexity index is 2070. The number of piperazine rings is 1. The van der Waals surface area contributed by atoms with Gasteiger partial charge in [-0.15, -0.1) is 5.10 Å². The van der Waals surface area contributed by atoms with Crippen LogP contribution in [0.4, 0.5) is 17.6 Å². The SMILES string of the molecule is CCCCCCCCn1cc(C(F)CCCCC(=O)C(Cc2ccc(C)cc2F)(C(=O)O)C2=C3CN4CCCO[C@H]4CN3C=C(C(=O)NCc3ccc(F)cc3F)C2)nn1. The Hall–Kier alpha value is -4.89. The van der Waals surface area contributed by atoms with Gasteiger partial charge >= 0.3 is 5.97 Å². The lowest BCUT2D eigenvalue weighted by Gasteiger charge is -2.48. The van der Waals surface area contributed by atoms with Gasteiger partial charge in [-0.3, -0.25) is 24.0 Å². The van der Waals surface area contributed by atoms with Crippen LogP contribution in [-0.2, 0) is 38.6 Å². The zero-order valence-corrected chi connectivity index (χ0v) is 34.5. The fraction of sp³-hybridized carbons (Fsp3) is 0.533. The molecule has 3 atom stereocenters. The number of aromatic nitrogens is 3. The first-order valence-corrected chi connectivity index (χ1v) is 21.2. The number of nitrogens with zero attached hydrogens (tertiary/aromatic N) is 5. The van der Waals surface area contributed by atoms with Gasteiger partial charge in [0.1, 0.15) is 35.5 Å². The minimum atomic E-state index is -2.32. The number of amides is 1. The quantitative estimate of drug-likeness (QED) is 0.0623. The first kappa shape index (κ1) is 44.7. The lowest BCUT2D eigenvalue weighted by molar-refractivity contribution is -0.153. The third-order valence-electron chi connectivity index (χ3n) is 11.9. The maximum absolute atomic E-state index is 15.7. The van der Waals surface area contributed by atoms with Gasteiger partial charge in [-0.05, 0) is 67.9 Å². The van der Waals surface area contributed by atoms with Gasteiger partial charge in [0.25, 0.3) is 0 Å². The Morgan fingerprint density at radius 3 is 2.53 bits per heavy atom. The van der Waals surface area contributed by atoms with E-state index in [4.69, 9.17) is 4.74 Å². The normalized spacial score (nSPS) is 18.3. The molecule has 2 unspecified atom stereocenters. The Balaban J connectivity index is 1.24. The minimum Gasteiger partial charge on any atom is -0.480 e. The summed E-state index contributed by atoms with van der Waals surface area (Å²) in [4.78, 5) is 46.4. The van der Waals surface area contributed by atoms with Gasteiger partial charge in [0.2, 0.25) is 5.91 Å². The maximum Gasteiger partial charge on any atom is 0.321 e. The number of benzene rings is 2. The summed E-state index contributed by atoms with van der Waals surface area (Å²) in [6.45, 7) is 5.85. The molecule has 0 saturated carbocycles. The summed E-state index contributed by atoms with van der Waals surface area (Å²) in [5.41, 5.74) is -0.679. The zero-order chi connectivity index (χ0) is 42.8. The number of aryl methyl sites for hydroxylation is 2. The topological polar surface area (TPSA) is 130 Å². The molecule has 2 aromatic carbocycles. The van der Waals surface area contributed by atoms with Gasteiger partial charge in [0, 0.05) is 81.1 Å². The molecule has 2 N–H and O–H groups in total. The predicted molar refractivity (Wildman–Crippen MR) is 216 cm³/mol. The standard InChI is InChI=1S/C45H56F4N6O5/c1-3-4-5-6-7-10-19-55-27-39(51-52-55)36(47)12-8-9-13-41(56)45(44(58)59,24-31-15-14-30(2)21-37(31)48)35-22-33(43(57)50-25-32-16-17-34(46)23-38(32)49)26-54-29-42-53(28-40(35)54)18-11-20-60-42/h14-17,21,23,26-27,36,42H,3-13,18-20,22,24-25,28-29H2,1-2H3,(H,50,57)(H,58,59)/t36?,42-,45?/m0/s1. The summed E-state index contributed by atoms with van der Waals surface area (Å²) in [7, 11) is 0. The Labute approximate surface area is 348 Å². The predicted octanol–water partition coefficient (Wildman–Crippen LogP) is 8.04. The van der Waals surface area contributed by atoms with Crippen LogP contribution in [0.15, 0.2) is 65.6 Å². The number of carbonyl (C=O) groups excluding carboxylic acids is 2. The first-order valence-electron chi connectivity index (χ1n) is 21.2. The lowest BCUT2D eigenvalue weighted by atomic mass is 9.67. The number of ether oxygens (including phenoxy) is 1. The molecule has 1 aromatic heterocycles. The molecule has 15 heteroatoms. The average Bonchev–Trinajstić information content (AvgIpc) is 3.71. The number of aliphatic carboxylic acids is 1. The number of halogens is 4. The van der Waals surface area contributed by atoms with Crippen LogP contribution in [0.5, 0.6) is 0 Å². The molecule has 0 aliphatic carbocycles. The van der Waals surface area contributed by atoms with Crippen LogP contribution in [0.3, 0.4) is 0 Å². The van der Waals surface area contributed by atoms with E-state index in [1.54, 1.807) is 35.0 Å². The Morgan fingerprint density at radius 2 is 1.77 bits per heavy atom. The van der Waals surface area contributed by atoms with Crippen LogP contribution in [0, 0.1) is 29.8 Å². The summed E-state index contributed by atoms with van der Waals surface area (Å²) >= 11 is 0. The number of unbranched alkanes of at least 4 members (excludes halogenated alkanes) is 6. The summed E-state index contributed by atoms with van der Waals surface area (Å²) in [5.74, 6) is -5.10. The fourth-order valence-corrected chi connectivity index (χ4v) is 8.43. The summed E-state index contributed by atoms with van der Waals surface area (Å²) in [5, 5.41) is 22.1. The van der Waals surface area contributed by atoms with Crippen LogP contribution in [0.1, 0.15) is 113 Å².